The van der Waals surface area contributed by atoms with E-state index < -0.39 is 0 Å². The third kappa shape index (κ3) is 2.06. The number of rotatable bonds is 3. The summed E-state index contributed by atoms with van der Waals surface area (Å²) in [6.45, 7) is 0.166. The first kappa shape index (κ1) is 13.4. The van der Waals surface area contributed by atoms with Crippen LogP contribution >= 0.6 is 11.6 Å². The van der Waals surface area contributed by atoms with Crippen LogP contribution < -0.4 is 5.32 Å². The number of hydrogen-bond donors (Lipinski definition) is 1. The Morgan fingerprint density at radius 2 is 1.95 bits per heavy atom. The SMILES string of the molecule is CNc1ccc(Cl)c(CN2C(=O)C3CCCC3C2=O)n1. The minimum Gasteiger partial charge on any atom is -0.373 e. The molecule has 2 aliphatic rings. The largest absolute Gasteiger partial charge is 0.373 e. The summed E-state index contributed by atoms with van der Waals surface area (Å²) in [5.41, 5.74) is 0.556. The van der Waals surface area contributed by atoms with E-state index in [1.54, 1.807) is 19.2 Å². The second-order valence-electron chi connectivity index (χ2n) is 5.28. The molecule has 1 N–H and O–H groups in total. The Bertz CT molecular complexity index is 554. The average Bonchev–Trinajstić information content (AvgIpc) is 3.01. The number of anilines is 1. The lowest BCUT2D eigenvalue weighted by Crippen LogP contribution is -2.31. The number of halogens is 1. The highest BCUT2D eigenvalue weighted by molar-refractivity contribution is 6.31. The Morgan fingerprint density at radius 3 is 2.55 bits per heavy atom. The maximum atomic E-state index is 12.3. The van der Waals surface area contributed by atoms with Crippen molar-refractivity contribution in [2.75, 3.05) is 12.4 Å². The van der Waals surface area contributed by atoms with Gasteiger partial charge in [0.1, 0.15) is 5.82 Å². The molecule has 1 aliphatic heterocycles. The molecule has 2 unspecified atom stereocenters. The topological polar surface area (TPSA) is 62.3 Å². The number of amides is 2. The number of carbonyl (C=O) groups excluding carboxylic acids is 2. The quantitative estimate of drug-likeness (QED) is 0.867. The molecule has 1 saturated heterocycles. The van der Waals surface area contributed by atoms with E-state index in [4.69, 9.17) is 11.6 Å². The van der Waals surface area contributed by atoms with Crippen LogP contribution in [0.3, 0.4) is 0 Å². The zero-order valence-electron chi connectivity index (χ0n) is 11.2. The normalized spacial score (nSPS) is 25.2. The predicted molar refractivity (Wildman–Crippen MR) is 75.2 cm³/mol. The number of aromatic nitrogens is 1. The van der Waals surface area contributed by atoms with Crippen LogP contribution in [-0.2, 0) is 16.1 Å². The monoisotopic (exact) mass is 293 g/mol. The van der Waals surface area contributed by atoms with Crippen molar-refractivity contribution in [2.45, 2.75) is 25.8 Å². The summed E-state index contributed by atoms with van der Waals surface area (Å²) in [6, 6.07) is 3.48. The number of nitrogens with zero attached hydrogens (tertiary/aromatic N) is 2. The lowest BCUT2D eigenvalue weighted by Gasteiger charge is -2.16. The molecule has 6 heteroatoms. The number of likely N-dealkylation sites (tertiary alicyclic amines) is 1. The first-order valence-corrected chi connectivity index (χ1v) is 7.18. The summed E-state index contributed by atoms with van der Waals surface area (Å²) in [6.07, 6.45) is 2.61. The molecule has 1 aromatic heterocycles. The fraction of sp³-hybridized carbons (Fsp3) is 0.500. The van der Waals surface area contributed by atoms with Crippen molar-refractivity contribution in [3.8, 4) is 0 Å². The van der Waals surface area contributed by atoms with Gasteiger partial charge in [-0.1, -0.05) is 18.0 Å². The number of imide groups is 1. The molecule has 2 heterocycles. The van der Waals surface area contributed by atoms with E-state index in [2.05, 4.69) is 10.3 Å². The Morgan fingerprint density at radius 1 is 1.30 bits per heavy atom. The molecule has 2 fully saturated rings. The number of pyridine rings is 1. The molecule has 2 amide bonds. The van der Waals surface area contributed by atoms with Crippen LogP contribution in [0, 0.1) is 11.8 Å². The van der Waals surface area contributed by atoms with Gasteiger partial charge in [-0.3, -0.25) is 14.5 Å². The second kappa shape index (κ2) is 5.05. The molecule has 106 valence electrons. The van der Waals surface area contributed by atoms with Crippen LogP contribution in [0.5, 0.6) is 0 Å². The van der Waals surface area contributed by atoms with Crippen LogP contribution in [0.1, 0.15) is 25.0 Å². The van der Waals surface area contributed by atoms with E-state index in [1.807, 2.05) is 0 Å². The molecular formula is C14H16ClN3O2. The average molecular weight is 294 g/mol. The molecule has 5 nitrogen and oxygen atoms in total. The minimum atomic E-state index is -0.117. The molecule has 0 aromatic carbocycles. The molecule has 0 spiro atoms. The van der Waals surface area contributed by atoms with Gasteiger partial charge in [-0.05, 0) is 25.0 Å². The summed E-state index contributed by atoms with van der Waals surface area (Å²) in [5.74, 6) is 0.307. The lowest BCUT2D eigenvalue weighted by molar-refractivity contribution is -0.141. The highest BCUT2D eigenvalue weighted by atomic mass is 35.5. The van der Waals surface area contributed by atoms with E-state index in [0.29, 0.717) is 16.5 Å². The van der Waals surface area contributed by atoms with Gasteiger partial charge in [-0.2, -0.15) is 0 Å². The van der Waals surface area contributed by atoms with Gasteiger partial charge in [0.25, 0.3) is 0 Å². The first-order valence-electron chi connectivity index (χ1n) is 6.80. The molecule has 1 saturated carbocycles. The Kier molecular flexibility index (Phi) is 3.38. The van der Waals surface area contributed by atoms with Crippen LogP contribution in [0.2, 0.25) is 5.02 Å². The molecule has 0 radical (unpaired) electrons. The van der Waals surface area contributed by atoms with E-state index in [1.165, 1.54) is 4.90 Å². The third-order valence-electron chi connectivity index (χ3n) is 4.17. The molecule has 1 aliphatic carbocycles. The van der Waals surface area contributed by atoms with Gasteiger partial charge >= 0.3 is 0 Å². The van der Waals surface area contributed by atoms with Crippen molar-refractivity contribution in [3.63, 3.8) is 0 Å². The van der Waals surface area contributed by atoms with Crippen molar-refractivity contribution >= 4 is 29.2 Å². The summed E-state index contributed by atoms with van der Waals surface area (Å²) in [5, 5.41) is 3.40. The first-order chi connectivity index (χ1) is 9.61. The van der Waals surface area contributed by atoms with Crippen molar-refractivity contribution in [3.05, 3.63) is 22.8 Å². The summed E-state index contributed by atoms with van der Waals surface area (Å²) in [7, 11) is 1.76. The lowest BCUT2D eigenvalue weighted by atomic mass is 10.00. The number of carbonyl (C=O) groups is 2. The fourth-order valence-corrected chi connectivity index (χ4v) is 3.27. The third-order valence-corrected chi connectivity index (χ3v) is 4.51. The van der Waals surface area contributed by atoms with Crippen molar-refractivity contribution in [1.29, 1.82) is 0 Å². The predicted octanol–water partition coefficient (Wildman–Crippen LogP) is 2.06. The van der Waals surface area contributed by atoms with Crippen molar-refractivity contribution in [1.82, 2.24) is 9.88 Å². The van der Waals surface area contributed by atoms with Gasteiger partial charge in [0, 0.05) is 7.05 Å². The Balaban J connectivity index is 1.85. The Labute approximate surface area is 122 Å². The minimum absolute atomic E-state index is 0.0646. The highest BCUT2D eigenvalue weighted by Crippen LogP contribution is 2.40. The van der Waals surface area contributed by atoms with Gasteiger partial charge in [0.05, 0.1) is 29.1 Å². The van der Waals surface area contributed by atoms with Crippen LogP contribution in [0.4, 0.5) is 5.82 Å². The fourth-order valence-electron chi connectivity index (χ4n) is 3.10. The van der Waals surface area contributed by atoms with Crippen molar-refractivity contribution < 1.29 is 9.59 Å². The van der Waals surface area contributed by atoms with Gasteiger partial charge in [-0.15, -0.1) is 0 Å². The summed E-state index contributed by atoms with van der Waals surface area (Å²) in [4.78, 5) is 30.2. The van der Waals surface area contributed by atoms with E-state index in [9.17, 15) is 9.59 Å². The number of hydrogen-bond acceptors (Lipinski definition) is 4. The van der Waals surface area contributed by atoms with E-state index in [-0.39, 0.29) is 30.2 Å². The molecular weight excluding hydrogens is 278 g/mol. The number of fused-ring (bicyclic) bond motifs is 1. The molecule has 0 bridgehead atoms. The van der Waals surface area contributed by atoms with Crippen LogP contribution in [0.15, 0.2) is 12.1 Å². The van der Waals surface area contributed by atoms with Gasteiger partial charge < -0.3 is 5.32 Å². The number of nitrogens with one attached hydrogen (secondary N) is 1. The maximum Gasteiger partial charge on any atom is 0.233 e. The van der Waals surface area contributed by atoms with Crippen LogP contribution in [-0.4, -0.2) is 28.7 Å². The molecule has 3 rings (SSSR count). The zero-order valence-corrected chi connectivity index (χ0v) is 12.0. The zero-order chi connectivity index (χ0) is 14.3. The standard InChI is InChI=1S/C14H16ClN3O2/c1-16-12-6-5-10(15)11(17-12)7-18-13(19)8-3-2-4-9(8)14(18)20/h5-6,8-9H,2-4,7H2,1H3,(H,16,17). The molecule has 20 heavy (non-hydrogen) atoms. The van der Waals surface area contributed by atoms with Gasteiger partial charge in [0.15, 0.2) is 0 Å². The summed E-state index contributed by atoms with van der Waals surface area (Å²) < 4.78 is 0. The Hall–Kier alpha value is -1.62. The maximum absolute atomic E-state index is 12.3. The van der Waals surface area contributed by atoms with E-state index >= 15 is 0 Å². The molecule has 2 atom stereocenters. The van der Waals surface area contributed by atoms with Gasteiger partial charge in [-0.25, -0.2) is 4.98 Å². The second-order valence-corrected chi connectivity index (χ2v) is 5.69. The van der Waals surface area contributed by atoms with Gasteiger partial charge in [0.2, 0.25) is 11.8 Å². The van der Waals surface area contributed by atoms with Crippen molar-refractivity contribution in [2.24, 2.45) is 11.8 Å². The smallest absolute Gasteiger partial charge is 0.233 e. The van der Waals surface area contributed by atoms with Crippen LogP contribution in [0.25, 0.3) is 0 Å². The summed E-state index contributed by atoms with van der Waals surface area (Å²) >= 11 is 6.11. The molecule has 1 aromatic rings. The highest BCUT2D eigenvalue weighted by Gasteiger charge is 2.49. The van der Waals surface area contributed by atoms with E-state index in [0.717, 1.165) is 19.3 Å².